The van der Waals surface area contributed by atoms with Crippen LogP contribution in [0.2, 0.25) is 18.1 Å². The molecule has 0 unspecified atom stereocenters. The number of nitrogens with zero attached hydrogens (tertiary/aromatic N) is 1. The van der Waals surface area contributed by atoms with E-state index in [1.165, 1.54) is 21.5 Å². The first-order valence-corrected chi connectivity index (χ1v) is 16.5. The predicted molar refractivity (Wildman–Crippen MR) is 135 cm³/mol. The molecule has 0 spiro atoms. The molecule has 0 saturated heterocycles. The van der Waals surface area contributed by atoms with E-state index in [-0.39, 0.29) is 20.0 Å². The molecule has 3 rings (SSSR count). The fourth-order valence-electron chi connectivity index (χ4n) is 2.89. The number of hydrogen-bond donors (Lipinski definition) is 0. The molecule has 0 bridgehead atoms. The fraction of sp³-hybridized carbons (Fsp3) is 0.400. The van der Waals surface area contributed by atoms with Gasteiger partial charge in [-0.2, -0.15) is 0 Å². The van der Waals surface area contributed by atoms with Crippen LogP contribution in [-0.4, -0.2) is 28.3 Å². The fourth-order valence-corrected chi connectivity index (χ4v) is 7.53. The summed E-state index contributed by atoms with van der Waals surface area (Å²) in [4.78, 5) is 5.80. The first kappa shape index (κ1) is 26.0. The van der Waals surface area contributed by atoms with Crippen LogP contribution in [0, 0.1) is 13.8 Å². The summed E-state index contributed by atoms with van der Waals surface area (Å²) >= 11 is 1.80. The number of alkyl halides is 3. The molecule has 8 heteroatoms. The van der Waals surface area contributed by atoms with Gasteiger partial charge in [0.25, 0.3) is 0 Å². The Morgan fingerprint density at radius 3 is 2.18 bits per heavy atom. The SMILES string of the molecule is Cc1cc([Se]Cc2sc(-c3ccc(C(F)(F)F)cc3)nc2C)ccc1O[Si](C)(C)C(C)(C)C. The van der Waals surface area contributed by atoms with Gasteiger partial charge in [0.15, 0.2) is 0 Å². The van der Waals surface area contributed by atoms with Crippen LogP contribution in [0.4, 0.5) is 13.2 Å². The van der Waals surface area contributed by atoms with Crippen molar-refractivity contribution in [3.63, 3.8) is 0 Å². The number of hydrogen-bond acceptors (Lipinski definition) is 3. The number of thiazole rings is 1. The predicted octanol–water partition coefficient (Wildman–Crippen LogP) is 7.36. The average molecular weight is 557 g/mol. The standard InChI is InChI=1S/C25H30F3NOSSeSi/c1-16-14-20(12-13-21(16)30-33(6,7)24(3,4)5)32-15-22-17(2)29-23(31-22)18-8-10-19(11-9-18)25(26,27)28/h8-14H,15H2,1-7H3. The first-order valence-electron chi connectivity index (χ1n) is 10.7. The molecule has 0 N–H and O–H groups in total. The third kappa shape index (κ3) is 6.30. The van der Waals surface area contributed by atoms with E-state index in [4.69, 9.17) is 4.43 Å². The van der Waals surface area contributed by atoms with E-state index in [1.807, 2.05) is 6.92 Å². The van der Waals surface area contributed by atoms with Gasteiger partial charge in [0.1, 0.15) is 0 Å². The van der Waals surface area contributed by atoms with Gasteiger partial charge in [0.05, 0.1) is 0 Å². The average Bonchev–Trinajstić information content (AvgIpc) is 3.07. The number of aryl methyl sites for hydroxylation is 2. The van der Waals surface area contributed by atoms with Crippen LogP contribution in [0.3, 0.4) is 0 Å². The Hall–Kier alpha value is -1.60. The maximum atomic E-state index is 12.8. The Morgan fingerprint density at radius 1 is 1.00 bits per heavy atom. The van der Waals surface area contributed by atoms with E-state index in [9.17, 15) is 13.2 Å². The summed E-state index contributed by atoms with van der Waals surface area (Å²) in [7, 11) is -1.88. The molecule has 178 valence electrons. The van der Waals surface area contributed by atoms with Gasteiger partial charge < -0.3 is 0 Å². The van der Waals surface area contributed by atoms with Gasteiger partial charge in [0.2, 0.25) is 0 Å². The van der Waals surface area contributed by atoms with Crippen LogP contribution < -0.4 is 8.89 Å². The summed E-state index contributed by atoms with van der Waals surface area (Å²) in [6.45, 7) is 15.3. The van der Waals surface area contributed by atoms with Gasteiger partial charge in [-0.1, -0.05) is 0 Å². The zero-order valence-electron chi connectivity index (χ0n) is 20.1. The molecule has 0 radical (unpaired) electrons. The van der Waals surface area contributed by atoms with Gasteiger partial charge in [-0.15, -0.1) is 0 Å². The summed E-state index contributed by atoms with van der Waals surface area (Å²) in [5.41, 5.74) is 2.19. The van der Waals surface area contributed by atoms with Gasteiger partial charge in [-0.05, 0) is 0 Å². The molecule has 1 heterocycles. The molecule has 2 nitrogen and oxygen atoms in total. The van der Waals surface area contributed by atoms with Crippen LogP contribution in [0.25, 0.3) is 10.6 Å². The molecule has 1 aromatic heterocycles. The second-order valence-electron chi connectivity index (χ2n) is 9.68. The van der Waals surface area contributed by atoms with Crippen LogP contribution in [-0.2, 0) is 11.5 Å². The molecule has 0 amide bonds. The van der Waals surface area contributed by atoms with Gasteiger partial charge in [-0.25, -0.2) is 0 Å². The van der Waals surface area contributed by atoms with Gasteiger partial charge >= 0.3 is 206 Å². The molecular weight excluding hydrogens is 526 g/mol. The van der Waals surface area contributed by atoms with Gasteiger partial charge in [0, 0.05) is 0 Å². The summed E-state index contributed by atoms with van der Waals surface area (Å²) in [6.07, 6.45) is -4.32. The summed E-state index contributed by atoms with van der Waals surface area (Å²) in [6, 6.07) is 11.7. The number of benzene rings is 2. The Morgan fingerprint density at radius 2 is 1.64 bits per heavy atom. The molecule has 0 saturated carbocycles. The van der Waals surface area contributed by atoms with Crippen molar-refractivity contribution in [3.05, 3.63) is 64.2 Å². The Labute approximate surface area is 205 Å². The Bertz CT molecular complexity index is 1120. The third-order valence-electron chi connectivity index (χ3n) is 6.04. The van der Waals surface area contributed by atoms with Crippen molar-refractivity contribution >= 4 is 39.1 Å². The molecule has 3 aromatic rings. The van der Waals surface area contributed by atoms with Crippen LogP contribution >= 0.6 is 11.3 Å². The normalized spacial score (nSPS) is 12.8. The molecule has 0 atom stereocenters. The van der Waals surface area contributed by atoms with E-state index < -0.39 is 20.1 Å². The van der Waals surface area contributed by atoms with Crippen molar-refractivity contribution in [1.82, 2.24) is 4.98 Å². The van der Waals surface area contributed by atoms with E-state index >= 15 is 0 Å². The van der Waals surface area contributed by atoms with Crippen molar-refractivity contribution < 1.29 is 17.6 Å². The summed E-state index contributed by atoms with van der Waals surface area (Å²) < 4.78 is 46.2. The van der Waals surface area contributed by atoms with Crippen LogP contribution in [0.15, 0.2) is 42.5 Å². The molecule has 0 aliphatic carbocycles. The minimum atomic E-state index is -4.32. The molecular formula is C25H30F3NOSSeSi. The Balaban J connectivity index is 1.69. The minimum absolute atomic E-state index is 0.149. The van der Waals surface area contributed by atoms with Crippen molar-refractivity contribution in [1.29, 1.82) is 0 Å². The summed E-state index contributed by atoms with van der Waals surface area (Å²) in [5, 5.41) is 1.82. The molecule has 33 heavy (non-hydrogen) atoms. The molecule has 0 aliphatic heterocycles. The van der Waals surface area contributed by atoms with Crippen molar-refractivity contribution in [2.24, 2.45) is 0 Å². The zero-order chi connectivity index (χ0) is 24.6. The summed E-state index contributed by atoms with van der Waals surface area (Å²) in [5.74, 6) is 0.972. The van der Waals surface area contributed by atoms with Crippen molar-refractivity contribution in [2.75, 3.05) is 0 Å². The molecule has 2 aromatic carbocycles. The van der Waals surface area contributed by atoms with Gasteiger partial charge in [-0.3, -0.25) is 0 Å². The second kappa shape index (κ2) is 9.57. The number of halogens is 3. The van der Waals surface area contributed by atoms with Crippen LogP contribution in [0.1, 0.15) is 42.5 Å². The van der Waals surface area contributed by atoms with E-state index in [0.29, 0.717) is 0 Å². The van der Waals surface area contributed by atoms with E-state index in [2.05, 4.69) is 64.0 Å². The number of rotatable bonds is 6. The molecule has 0 aliphatic rings. The topological polar surface area (TPSA) is 22.1 Å². The quantitative estimate of drug-likeness (QED) is 0.296. The third-order valence-corrected chi connectivity index (χ3v) is 14.1. The van der Waals surface area contributed by atoms with Crippen molar-refractivity contribution in [2.45, 2.75) is 64.2 Å². The van der Waals surface area contributed by atoms with Crippen LogP contribution in [0.5, 0.6) is 5.75 Å². The van der Waals surface area contributed by atoms with E-state index in [1.54, 1.807) is 11.3 Å². The van der Waals surface area contributed by atoms with Crippen molar-refractivity contribution in [3.8, 4) is 16.3 Å². The van der Waals surface area contributed by atoms with E-state index in [0.717, 1.165) is 45.0 Å². The monoisotopic (exact) mass is 557 g/mol. The molecule has 0 fully saturated rings. The number of aromatic nitrogens is 1. The second-order valence-corrected chi connectivity index (χ2v) is 17.7. The Kier molecular flexibility index (Phi) is 7.54. The first-order chi connectivity index (χ1) is 15.2. The zero-order valence-corrected chi connectivity index (χ0v) is 23.6. The maximum absolute atomic E-state index is 12.8.